The molecule has 0 aliphatic rings. The molecule has 134 valence electrons. The number of aromatic nitrogens is 1. The number of rotatable bonds is 3. The normalized spacial score (nSPS) is 11.0. The lowest BCUT2D eigenvalue weighted by Crippen LogP contribution is -2.02. The van der Waals surface area contributed by atoms with Gasteiger partial charge in [0.15, 0.2) is 0 Å². The van der Waals surface area contributed by atoms with Gasteiger partial charge in [0, 0.05) is 27.8 Å². The number of anilines is 3. The van der Waals surface area contributed by atoms with Crippen molar-refractivity contribution < 1.29 is 9.90 Å². The first-order valence-electron chi connectivity index (χ1n) is 8.63. The van der Waals surface area contributed by atoms with Gasteiger partial charge in [0.05, 0.1) is 16.6 Å². The Kier molecular flexibility index (Phi) is 3.92. The van der Waals surface area contributed by atoms with Crippen molar-refractivity contribution in [1.82, 2.24) is 4.98 Å². The van der Waals surface area contributed by atoms with Crippen LogP contribution in [0.1, 0.15) is 21.5 Å². The van der Waals surface area contributed by atoms with Crippen molar-refractivity contribution in [3.05, 3.63) is 71.3 Å². The van der Waals surface area contributed by atoms with Gasteiger partial charge in [-0.2, -0.15) is 0 Å². The summed E-state index contributed by atoms with van der Waals surface area (Å²) in [6.45, 7) is 3.96. The number of carboxylic acid groups (broad SMARTS) is 1. The summed E-state index contributed by atoms with van der Waals surface area (Å²) in [5.41, 5.74) is 11.8. The third kappa shape index (κ3) is 2.93. The Bertz CT molecular complexity index is 1220. The predicted octanol–water partition coefficient (Wildman–Crippen LogP) is 5.03. The van der Waals surface area contributed by atoms with Gasteiger partial charge in [-0.05, 0) is 55.3 Å². The Labute approximate surface area is 156 Å². The Balaban J connectivity index is 2.00. The highest BCUT2D eigenvalue weighted by molar-refractivity contribution is 6.09. The van der Waals surface area contributed by atoms with Crippen molar-refractivity contribution in [2.24, 2.45) is 0 Å². The molecule has 0 amide bonds. The fraction of sp³-hybridized carbons (Fsp3) is 0.0909. The summed E-state index contributed by atoms with van der Waals surface area (Å²) in [6, 6.07) is 16.9. The minimum atomic E-state index is -0.993. The third-order valence-corrected chi connectivity index (χ3v) is 4.77. The Morgan fingerprint density at radius 1 is 0.963 bits per heavy atom. The van der Waals surface area contributed by atoms with Crippen LogP contribution in [0.5, 0.6) is 0 Å². The first kappa shape index (κ1) is 16.8. The molecular formula is C22H19N3O2. The molecule has 5 nitrogen and oxygen atoms in total. The molecule has 0 spiro atoms. The number of aromatic carboxylic acids is 1. The van der Waals surface area contributed by atoms with E-state index in [1.165, 1.54) is 0 Å². The molecule has 0 bridgehead atoms. The predicted molar refractivity (Wildman–Crippen MR) is 110 cm³/mol. The number of nitrogen functional groups attached to an aromatic ring is 1. The number of fused-ring (bicyclic) bond motifs is 2. The molecule has 4 N–H and O–H groups in total. The largest absolute Gasteiger partial charge is 0.478 e. The molecule has 5 heteroatoms. The van der Waals surface area contributed by atoms with Crippen molar-refractivity contribution in [2.45, 2.75) is 13.8 Å². The molecule has 1 aromatic heterocycles. The van der Waals surface area contributed by atoms with E-state index in [1.54, 1.807) is 12.1 Å². The highest BCUT2D eigenvalue weighted by Crippen LogP contribution is 2.33. The second-order valence-corrected chi connectivity index (χ2v) is 6.70. The van der Waals surface area contributed by atoms with Gasteiger partial charge in [-0.3, -0.25) is 0 Å². The summed E-state index contributed by atoms with van der Waals surface area (Å²) < 4.78 is 0. The van der Waals surface area contributed by atoms with E-state index in [9.17, 15) is 9.90 Å². The number of pyridine rings is 1. The smallest absolute Gasteiger partial charge is 0.337 e. The number of carbonyl (C=O) groups is 1. The molecule has 4 aromatic rings. The summed E-state index contributed by atoms with van der Waals surface area (Å²) >= 11 is 0. The van der Waals surface area contributed by atoms with Gasteiger partial charge in [0.25, 0.3) is 0 Å². The lowest BCUT2D eigenvalue weighted by Gasteiger charge is -2.15. The number of hydrogen-bond donors (Lipinski definition) is 3. The molecule has 0 atom stereocenters. The molecule has 0 radical (unpaired) electrons. The summed E-state index contributed by atoms with van der Waals surface area (Å²) in [4.78, 5) is 16.4. The molecule has 0 saturated carbocycles. The summed E-state index contributed by atoms with van der Waals surface area (Å²) in [6.07, 6.45) is 0. The van der Waals surface area contributed by atoms with Crippen LogP contribution >= 0.6 is 0 Å². The molecule has 1 heterocycles. The van der Waals surface area contributed by atoms with Crippen LogP contribution in [-0.2, 0) is 0 Å². The minimum absolute atomic E-state index is 0.185. The Morgan fingerprint density at radius 2 is 1.78 bits per heavy atom. The zero-order chi connectivity index (χ0) is 19.1. The van der Waals surface area contributed by atoms with Crippen molar-refractivity contribution in [1.29, 1.82) is 0 Å². The van der Waals surface area contributed by atoms with Gasteiger partial charge in [-0.15, -0.1) is 0 Å². The summed E-state index contributed by atoms with van der Waals surface area (Å²) in [5.74, 6) is -0.993. The lowest BCUT2D eigenvalue weighted by molar-refractivity contribution is 0.0699. The quantitative estimate of drug-likeness (QED) is 0.353. The van der Waals surface area contributed by atoms with Crippen LogP contribution in [-0.4, -0.2) is 16.1 Å². The molecule has 27 heavy (non-hydrogen) atoms. The highest BCUT2D eigenvalue weighted by atomic mass is 16.4. The van der Waals surface area contributed by atoms with Gasteiger partial charge in [-0.1, -0.05) is 24.3 Å². The van der Waals surface area contributed by atoms with Crippen LogP contribution in [0.15, 0.2) is 54.6 Å². The molecule has 0 saturated heterocycles. The van der Waals surface area contributed by atoms with Gasteiger partial charge in [0.1, 0.15) is 0 Å². The number of aryl methyl sites for hydroxylation is 2. The maximum Gasteiger partial charge on any atom is 0.337 e. The van der Waals surface area contributed by atoms with Crippen LogP contribution in [0, 0.1) is 13.8 Å². The monoisotopic (exact) mass is 357 g/mol. The van der Waals surface area contributed by atoms with Crippen LogP contribution in [0.4, 0.5) is 17.1 Å². The van der Waals surface area contributed by atoms with Gasteiger partial charge < -0.3 is 16.2 Å². The van der Waals surface area contributed by atoms with Crippen molar-refractivity contribution in [2.75, 3.05) is 11.1 Å². The topological polar surface area (TPSA) is 88.2 Å². The first-order valence-corrected chi connectivity index (χ1v) is 8.63. The second-order valence-electron chi connectivity index (χ2n) is 6.70. The molecule has 3 aromatic carbocycles. The lowest BCUT2D eigenvalue weighted by atomic mass is 10.0. The average molecular weight is 357 g/mol. The fourth-order valence-electron chi connectivity index (χ4n) is 3.29. The number of benzene rings is 3. The minimum Gasteiger partial charge on any atom is -0.478 e. The van der Waals surface area contributed by atoms with Crippen LogP contribution in [0.25, 0.3) is 21.8 Å². The number of hydrogen-bond acceptors (Lipinski definition) is 4. The first-order chi connectivity index (χ1) is 12.9. The van der Waals surface area contributed by atoms with E-state index in [0.717, 1.165) is 38.8 Å². The maximum atomic E-state index is 11.7. The highest BCUT2D eigenvalue weighted by Gasteiger charge is 2.15. The summed E-state index contributed by atoms with van der Waals surface area (Å²) in [5, 5.41) is 14.7. The number of carboxylic acids is 1. The maximum absolute atomic E-state index is 11.7. The van der Waals surface area contributed by atoms with Gasteiger partial charge in [0.2, 0.25) is 0 Å². The zero-order valence-electron chi connectivity index (χ0n) is 15.1. The molecule has 0 fully saturated rings. The van der Waals surface area contributed by atoms with E-state index in [2.05, 4.69) is 5.32 Å². The van der Waals surface area contributed by atoms with Crippen LogP contribution < -0.4 is 11.1 Å². The molecule has 0 unspecified atom stereocenters. The number of nitrogens with two attached hydrogens (primary N) is 1. The molecule has 4 rings (SSSR count). The van der Waals surface area contributed by atoms with E-state index >= 15 is 0 Å². The van der Waals surface area contributed by atoms with Crippen LogP contribution in [0.2, 0.25) is 0 Å². The number of para-hydroxylation sites is 1. The van der Waals surface area contributed by atoms with E-state index in [4.69, 9.17) is 10.7 Å². The van der Waals surface area contributed by atoms with E-state index < -0.39 is 5.97 Å². The second kappa shape index (κ2) is 6.29. The van der Waals surface area contributed by atoms with Crippen LogP contribution in [0.3, 0.4) is 0 Å². The standard InChI is InChI=1S/C22H19N3O2/c1-12-6-7-15(23)11-19(12)24-18-9-8-16(22(26)27)21-17(18)10-14-5-3-4-13(2)20(14)25-21/h3-11,24H,23H2,1-2H3,(H,26,27). The summed E-state index contributed by atoms with van der Waals surface area (Å²) in [7, 11) is 0. The van der Waals surface area contributed by atoms with Crippen molar-refractivity contribution in [3.8, 4) is 0 Å². The Hall–Kier alpha value is -3.60. The number of nitrogens with one attached hydrogen (secondary N) is 1. The van der Waals surface area contributed by atoms with E-state index in [-0.39, 0.29) is 5.56 Å². The SMILES string of the molecule is Cc1ccc(N)cc1Nc1ccc(C(=O)O)c2nc3c(C)cccc3cc12. The molecule has 0 aliphatic heterocycles. The zero-order valence-corrected chi connectivity index (χ0v) is 15.1. The van der Waals surface area contributed by atoms with E-state index in [0.29, 0.717) is 11.2 Å². The van der Waals surface area contributed by atoms with Crippen molar-refractivity contribution >= 4 is 44.8 Å². The molecular weight excluding hydrogens is 338 g/mol. The van der Waals surface area contributed by atoms with Gasteiger partial charge >= 0.3 is 5.97 Å². The molecule has 0 aliphatic carbocycles. The van der Waals surface area contributed by atoms with E-state index in [1.807, 2.05) is 56.3 Å². The fourth-order valence-corrected chi connectivity index (χ4v) is 3.29. The third-order valence-electron chi connectivity index (χ3n) is 4.77. The average Bonchev–Trinajstić information content (AvgIpc) is 2.64. The van der Waals surface area contributed by atoms with Gasteiger partial charge in [-0.25, -0.2) is 9.78 Å². The van der Waals surface area contributed by atoms with Crippen molar-refractivity contribution in [3.63, 3.8) is 0 Å². The number of nitrogens with zero attached hydrogens (tertiary/aromatic N) is 1. The Morgan fingerprint density at radius 3 is 2.56 bits per heavy atom.